The zero-order chi connectivity index (χ0) is 15.0. The summed E-state index contributed by atoms with van der Waals surface area (Å²) in [7, 11) is 3.97. The van der Waals surface area contributed by atoms with Crippen LogP contribution in [-0.2, 0) is 0 Å². The van der Waals surface area contributed by atoms with Gasteiger partial charge in [0, 0.05) is 13.1 Å². The van der Waals surface area contributed by atoms with Crippen molar-refractivity contribution < 1.29 is 9.66 Å². The van der Waals surface area contributed by atoms with Crippen LogP contribution in [0.5, 0.6) is 5.75 Å². The molecule has 0 radical (unpaired) electrons. The molecule has 0 atom stereocenters. The fourth-order valence-electron chi connectivity index (χ4n) is 1.79. The molecule has 0 aliphatic carbocycles. The van der Waals surface area contributed by atoms with Crippen molar-refractivity contribution in [2.45, 2.75) is 19.8 Å². The van der Waals surface area contributed by atoms with Crippen molar-refractivity contribution in [3.63, 3.8) is 0 Å². The van der Waals surface area contributed by atoms with Gasteiger partial charge in [-0.15, -0.1) is 0 Å². The van der Waals surface area contributed by atoms with E-state index in [1.807, 2.05) is 21.0 Å². The minimum absolute atomic E-state index is 0.0193. The van der Waals surface area contributed by atoms with Crippen LogP contribution in [0.2, 0.25) is 0 Å². The lowest BCUT2D eigenvalue weighted by atomic mass is 10.2. The van der Waals surface area contributed by atoms with Gasteiger partial charge in [0.15, 0.2) is 5.75 Å². The van der Waals surface area contributed by atoms with Gasteiger partial charge in [0.1, 0.15) is 5.69 Å². The van der Waals surface area contributed by atoms with E-state index in [4.69, 9.17) is 4.74 Å². The summed E-state index contributed by atoms with van der Waals surface area (Å²) < 4.78 is 5.56. The highest BCUT2D eigenvalue weighted by molar-refractivity contribution is 5.68. The number of hydrogen-bond acceptors (Lipinski definition) is 5. The summed E-state index contributed by atoms with van der Waals surface area (Å²) in [6.07, 6.45) is 1.74. The standard InChI is InChI=1S/C14H23N3O3/c1-4-9-15-12-7-5-8-13(14(12)17(18)19)20-11-6-10-16(2)3/h5,7-8,15H,4,6,9-11H2,1-3H3. The second-order valence-electron chi connectivity index (χ2n) is 4.84. The van der Waals surface area contributed by atoms with Crippen molar-refractivity contribution in [3.8, 4) is 5.75 Å². The Morgan fingerprint density at radius 3 is 2.75 bits per heavy atom. The Hall–Kier alpha value is -1.82. The molecule has 0 aliphatic heterocycles. The van der Waals surface area contributed by atoms with Crippen LogP contribution < -0.4 is 10.1 Å². The Balaban J connectivity index is 2.76. The number of nitrogens with zero attached hydrogens (tertiary/aromatic N) is 2. The number of nitro groups is 1. The minimum atomic E-state index is -0.390. The van der Waals surface area contributed by atoms with Crippen LogP contribution in [0, 0.1) is 10.1 Å². The van der Waals surface area contributed by atoms with Crippen LogP contribution >= 0.6 is 0 Å². The van der Waals surface area contributed by atoms with Crippen molar-refractivity contribution in [1.29, 1.82) is 0 Å². The van der Waals surface area contributed by atoms with E-state index in [9.17, 15) is 10.1 Å². The van der Waals surface area contributed by atoms with Gasteiger partial charge in [-0.1, -0.05) is 13.0 Å². The highest BCUT2D eigenvalue weighted by Crippen LogP contribution is 2.34. The van der Waals surface area contributed by atoms with Gasteiger partial charge in [-0.05, 0) is 39.1 Å². The molecule has 1 N–H and O–H groups in total. The number of anilines is 1. The first-order chi connectivity index (χ1) is 9.56. The maximum absolute atomic E-state index is 11.2. The predicted octanol–water partition coefficient (Wildman–Crippen LogP) is 2.75. The first kappa shape index (κ1) is 16.2. The molecule has 0 unspecified atom stereocenters. The summed E-state index contributed by atoms with van der Waals surface area (Å²) in [5.41, 5.74) is 0.535. The number of rotatable bonds is 9. The fraction of sp³-hybridized carbons (Fsp3) is 0.571. The molecule has 20 heavy (non-hydrogen) atoms. The molecular weight excluding hydrogens is 258 g/mol. The molecule has 0 saturated carbocycles. The third-order valence-corrected chi connectivity index (χ3v) is 2.75. The summed E-state index contributed by atoms with van der Waals surface area (Å²) in [5.74, 6) is 0.329. The van der Waals surface area contributed by atoms with E-state index in [1.165, 1.54) is 0 Å². The van der Waals surface area contributed by atoms with Crippen LogP contribution in [-0.4, -0.2) is 43.6 Å². The maximum Gasteiger partial charge on any atom is 0.333 e. The van der Waals surface area contributed by atoms with E-state index >= 15 is 0 Å². The Kier molecular flexibility index (Phi) is 6.79. The molecule has 1 rings (SSSR count). The first-order valence-corrected chi connectivity index (χ1v) is 6.85. The summed E-state index contributed by atoms with van der Waals surface area (Å²) in [6, 6.07) is 5.12. The van der Waals surface area contributed by atoms with Gasteiger partial charge in [0.25, 0.3) is 0 Å². The quantitative estimate of drug-likeness (QED) is 0.428. The fourth-order valence-corrected chi connectivity index (χ4v) is 1.79. The maximum atomic E-state index is 11.2. The predicted molar refractivity (Wildman–Crippen MR) is 80.5 cm³/mol. The van der Waals surface area contributed by atoms with E-state index in [-0.39, 0.29) is 10.6 Å². The van der Waals surface area contributed by atoms with Crippen LogP contribution in [0.1, 0.15) is 19.8 Å². The van der Waals surface area contributed by atoms with Gasteiger partial charge in [0.2, 0.25) is 0 Å². The number of para-hydroxylation sites is 1. The smallest absolute Gasteiger partial charge is 0.333 e. The van der Waals surface area contributed by atoms with E-state index in [0.29, 0.717) is 24.6 Å². The van der Waals surface area contributed by atoms with Gasteiger partial charge in [-0.3, -0.25) is 10.1 Å². The van der Waals surface area contributed by atoms with Crippen molar-refractivity contribution in [1.82, 2.24) is 4.90 Å². The molecule has 6 nitrogen and oxygen atoms in total. The van der Waals surface area contributed by atoms with Gasteiger partial charge < -0.3 is 15.0 Å². The van der Waals surface area contributed by atoms with Gasteiger partial charge in [0.05, 0.1) is 11.5 Å². The van der Waals surface area contributed by atoms with Gasteiger partial charge in [-0.25, -0.2) is 0 Å². The number of hydrogen-bond donors (Lipinski definition) is 1. The molecule has 0 spiro atoms. The third kappa shape index (κ3) is 5.05. The van der Waals surface area contributed by atoms with Crippen LogP contribution in [0.15, 0.2) is 18.2 Å². The van der Waals surface area contributed by atoms with Crippen molar-refractivity contribution in [2.75, 3.05) is 39.1 Å². The molecule has 0 fully saturated rings. The average Bonchev–Trinajstić information content (AvgIpc) is 2.40. The number of benzene rings is 1. The molecule has 0 aromatic heterocycles. The average molecular weight is 281 g/mol. The van der Waals surface area contributed by atoms with Gasteiger partial charge >= 0.3 is 5.69 Å². The monoisotopic (exact) mass is 281 g/mol. The summed E-state index contributed by atoms with van der Waals surface area (Å²) >= 11 is 0. The lowest BCUT2D eigenvalue weighted by Crippen LogP contribution is -2.15. The lowest BCUT2D eigenvalue weighted by molar-refractivity contribution is -0.385. The molecule has 0 heterocycles. The number of nitrogens with one attached hydrogen (secondary N) is 1. The molecule has 6 heteroatoms. The second kappa shape index (κ2) is 8.37. The SMILES string of the molecule is CCCNc1cccc(OCCCN(C)C)c1[N+](=O)[O-]. The largest absolute Gasteiger partial charge is 0.487 e. The van der Waals surface area contributed by atoms with Crippen LogP contribution in [0.25, 0.3) is 0 Å². The Labute approximate surface area is 119 Å². The molecule has 0 saturated heterocycles. The van der Waals surface area contributed by atoms with E-state index in [2.05, 4.69) is 10.2 Å². The zero-order valence-corrected chi connectivity index (χ0v) is 12.4. The molecule has 1 aromatic rings. The van der Waals surface area contributed by atoms with Crippen molar-refractivity contribution >= 4 is 11.4 Å². The van der Waals surface area contributed by atoms with E-state index in [1.54, 1.807) is 18.2 Å². The van der Waals surface area contributed by atoms with E-state index < -0.39 is 0 Å². The third-order valence-electron chi connectivity index (χ3n) is 2.75. The van der Waals surface area contributed by atoms with E-state index in [0.717, 1.165) is 19.4 Å². The van der Waals surface area contributed by atoms with Gasteiger partial charge in [-0.2, -0.15) is 0 Å². The number of ether oxygens (including phenoxy) is 1. The Morgan fingerprint density at radius 2 is 2.15 bits per heavy atom. The highest BCUT2D eigenvalue weighted by atomic mass is 16.6. The first-order valence-electron chi connectivity index (χ1n) is 6.85. The molecular formula is C14H23N3O3. The molecule has 0 aliphatic rings. The van der Waals surface area contributed by atoms with Crippen LogP contribution in [0.4, 0.5) is 11.4 Å². The molecule has 0 amide bonds. The highest BCUT2D eigenvalue weighted by Gasteiger charge is 2.20. The van der Waals surface area contributed by atoms with Crippen molar-refractivity contribution in [3.05, 3.63) is 28.3 Å². The summed E-state index contributed by atoms with van der Waals surface area (Å²) in [6.45, 7) is 4.07. The zero-order valence-electron chi connectivity index (χ0n) is 12.4. The Morgan fingerprint density at radius 1 is 1.40 bits per heavy atom. The lowest BCUT2D eigenvalue weighted by Gasteiger charge is -2.12. The Bertz CT molecular complexity index is 436. The minimum Gasteiger partial charge on any atom is -0.487 e. The summed E-state index contributed by atoms with van der Waals surface area (Å²) in [5, 5.41) is 14.3. The van der Waals surface area contributed by atoms with Crippen LogP contribution in [0.3, 0.4) is 0 Å². The summed E-state index contributed by atoms with van der Waals surface area (Å²) in [4.78, 5) is 12.9. The number of nitro benzene ring substituents is 1. The molecule has 0 bridgehead atoms. The molecule has 112 valence electrons. The normalized spacial score (nSPS) is 10.6. The second-order valence-corrected chi connectivity index (χ2v) is 4.84. The van der Waals surface area contributed by atoms with Crippen molar-refractivity contribution in [2.24, 2.45) is 0 Å². The topological polar surface area (TPSA) is 67.6 Å². The molecule has 1 aromatic carbocycles.